The first-order valence-electron chi connectivity index (χ1n) is 12.3. The van der Waals surface area contributed by atoms with Gasteiger partial charge in [0.05, 0.1) is 5.02 Å². The lowest BCUT2D eigenvalue weighted by molar-refractivity contribution is 0.617. The average Bonchev–Trinajstić information content (AvgIpc) is 2.86. The Morgan fingerprint density at radius 1 is 0.647 bits per heavy atom. The Kier molecular flexibility index (Phi) is 8.34. The first kappa shape index (κ1) is 24.4. The molecule has 0 aliphatic rings. The molecule has 34 heavy (non-hydrogen) atoms. The van der Waals surface area contributed by atoms with Crippen molar-refractivity contribution < 1.29 is 8.78 Å². The summed E-state index contributed by atoms with van der Waals surface area (Å²) in [6, 6.07) is 23.2. The molecule has 0 bridgehead atoms. The van der Waals surface area contributed by atoms with Crippen molar-refractivity contribution in [2.24, 2.45) is 0 Å². The van der Waals surface area contributed by atoms with Crippen LogP contribution < -0.4 is 0 Å². The molecule has 0 fully saturated rings. The lowest BCUT2D eigenvalue weighted by Gasteiger charge is -2.10. The van der Waals surface area contributed by atoms with Gasteiger partial charge in [0, 0.05) is 5.39 Å². The van der Waals surface area contributed by atoms with Crippen LogP contribution in [0.3, 0.4) is 0 Å². The highest BCUT2D eigenvalue weighted by Gasteiger charge is 2.10. The molecule has 4 rings (SSSR count). The van der Waals surface area contributed by atoms with Crippen LogP contribution in [-0.2, 0) is 19.3 Å². The Bertz CT molecular complexity index is 1240. The van der Waals surface area contributed by atoms with Gasteiger partial charge < -0.3 is 0 Å². The van der Waals surface area contributed by atoms with Crippen molar-refractivity contribution in [3.05, 3.63) is 106 Å². The van der Waals surface area contributed by atoms with E-state index >= 15 is 4.39 Å². The van der Waals surface area contributed by atoms with Crippen LogP contribution in [0.15, 0.2) is 72.8 Å². The van der Waals surface area contributed by atoms with Crippen LogP contribution in [0.25, 0.3) is 21.9 Å². The number of hydrogen-bond acceptors (Lipinski definition) is 0. The summed E-state index contributed by atoms with van der Waals surface area (Å²) in [6.45, 7) is 2.24. The Morgan fingerprint density at radius 3 is 2.15 bits per heavy atom. The summed E-state index contributed by atoms with van der Waals surface area (Å²) < 4.78 is 28.9. The molecule has 0 N–H and O–H groups in total. The molecule has 0 spiro atoms. The Hall–Kier alpha value is -2.71. The third-order valence-corrected chi connectivity index (χ3v) is 6.86. The van der Waals surface area contributed by atoms with Crippen molar-refractivity contribution in [2.45, 2.75) is 58.3 Å². The zero-order valence-corrected chi connectivity index (χ0v) is 20.5. The molecular formula is C31H31ClF2. The molecule has 0 amide bonds. The molecule has 3 heteroatoms. The molecule has 0 atom stereocenters. The SMILES string of the molecule is CCCCCCCc1ccc(-c2ccc3c(F)c(CCc4ccc(Cl)c(F)c4)ccc3c2)cc1. The molecule has 0 heterocycles. The van der Waals surface area contributed by atoms with E-state index in [9.17, 15) is 4.39 Å². The van der Waals surface area contributed by atoms with Gasteiger partial charge >= 0.3 is 0 Å². The number of rotatable bonds is 10. The number of hydrogen-bond donors (Lipinski definition) is 0. The predicted octanol–water partition coefficient (Wildman–Crippen LogP) is 9.74. The summed E-state index contributed by atoms with van der Waals surface area (Å²) in [5.41, 5.74) is 5.05. The molecule has 0 aromatic heterocycles. The topological polar surface area (TPSA) is 0 Å². The molecule has 4 aromatic rings. The quantitative estimate of drug-likeness (QED) is 0.200. The molecule has 0 saturated heterocycles. The van der Waals surface area contributed by atoms with Gasteiger partial charge in [-0.25, -0.2) is 8.78 Å². The predicted molar refractivity (Wildman–Crippen MR) is 141 cm³/mol. The first-order valence-corrected chi connectivity index (χ1v) is 12.7. The van der Waals surface area contributed by atoms with E-state index in [0.29, 0.717) is 23.8 Å². The summed E-state index contributed by atoms with van der Waals surface area (Å²) in [6.07, 6.45) is 8.64. The highest BCUT2D eigenvalue weighted by Crippen LogP contribution is 2.29. The minimum absolute atomic E-state index is 0.105. The van der Waals surface area contributed by atoms with E-state index in [0.717, 1.165) is 28.5 Å². The summed E-state index contributed by atoms with van der Waals surface area (Å²) >= 11 is 5.75. The van der Waals surface area contributed by atoms with Crippen molar-refractivity contribution in [3.63, 3.8) is 0 Å². The fourth-order valence-electron chi connectivity index (χ4n) is 4.48. The van der Waals surface area contributed by atoms with Crippen LogP contribution in [0.5, 0.6) is 0 Å². The Labute approximate surface area is 206 Å². The van der Waals surface area contributed by atoms with E-state index in [-0.39, 0.29) is 10.8 Å². The van der Waals surface area contributed by atoms with Gasteiger partial charge in [-0.05, 0) is 77.1 Å². The van der Waals surface area contributed by atoms with Gasteiger partial charge in [-0.1, -0.05) is 98.8 Å². The smallest absolute Gasteiger partial charge is 0.142 e. The van der Waals surface area contributed by atoms with E-state index in [1.807, 2.05) is 24.3 Å². The number of halogens is 3. The Morgan fingerprint density at radius 2 is 1.38 bits per heavy atom. The third kappa shape index (κ3) is 6.04. The van der Waals surface area contributed by atoms with Crippen LogP contribution >= 0.6 is 11.6 Å². The zero-order valence-electron chi connectivity index (χ0n) is 19.7. The second kappa shape index (κ2) is 11.6. The lowest BCUT2D eigenvalue weighted by Crippen LogP contribution is -1.97. The maximum atomic E-state index is 15.2. The summed E-state index contributed by atoms with van der Waals surface area (Å²) in [5, 5.41) is 1.61. The highest BCUT2D eigenvalue weighted by atomic mass is 35.5. The van der Waals surface area contributed by atoms with Crippen molar-refractivity contribution >= 4 is 22.4 Å². The van der Waals surface area contributed by atoms with E-state index in [1.54, 1.807) is 12.1 Å². The number of unbranched alkanes of at least 4 members (excludes halogenated alkanes) is 4. The fourth-order valence-corrected chi connectivity index (χ4v) is 4.60. The van der Waals surface area contributed by atoms with Gasteiger partial charge in [0.1, 0.15) is 11.6 Å². The zero-order chi connectivity index (χ0) is 23.9. The van der Waals surface area contributed by atoms with Crippen LogP contribution in [0.1, 0.15) is 55.7 Å². The largest absolute Gasteiger partial charge is 0.206 e. The monoisotopic (exact) mass is 476 g/mol. The molecule has 0 unspecified atom stereocenters. The van der Waals surface area contributed by atoms with Crippen LogP contribution in [0.2, 0.25) is 5.02 Å². The second-order valence-electron chi connectivity index (χ2n) is 9.08. The van der Waals surface area contributed by atoms with Crippen molar-refractivity contribution in [1.29, 1.82) is 0 Å². The fraction of sp³-hybridized carbons (Fsp3) is 0.290. The van der Waals surface area contributed by atoms with E-state index in [2.05, 4.69) is 37.3 Å². The van der Waals surface area contributed by atoms with Gasteiger partial charge in [0.25, 0.3) is 0 Å². The van der Waals surface area contributed by atoms with Crippen LogP contribution in [0, 0.1) is 11.6 Å². The minimum atomic E-state index is -0.439. The van der Waals surface area contributed by atoms with Gasteiger partial charge in [-0.3, -0.25) is 0 Å². The maximum Gasteiger partial charge on any atom is 0.142 e. The number of fused-ring (bicyclic) bond motifs is 1. The maximum absolute atomic E-state index is 15.2. The number of benzene rings is 4. The van der Waals surface area contributed by atoms with Gasteiger partial charge in [0.2, 0.25) is 0 Å². The van der Waals surface area contributed by atoms with Crippen molar-refractivity contribution in [3.8, 4) is 11.1 Å². The standard InChI is InChI=1S/C31H31ClF2/c1-2-3-4-5-6-7-22-8-12-24(13-9-22)26-17-18-28-27(21-26)16-15-25(31(28)34)14-10-23-11-19-29(32)30(33)20-23/h8-9,11-13,15-21H,2-7,10,14H2,1H3. The average molecular weight is 477 g/mol. The number of aryl methyl sites for hydroxylation is 3. The molecule has 176 valence electrons. The van der Waals surface area contributed by atoms with Gasteiger partial charge in [0.15, 0.2) is 0 Å². The summed E-state index contributed by atoms with van der Waals surface area (Å²) in [7, 11) is 0. The van der Waals surface area contributed by atoms with E-state index in [4.69, 9.17) is 11.6 Å². The molecule has 0 saturated carbocycles. The van der Waals surface area contributed by atoms with Gasteiger partial charge in [-0.15, -0.1) is 0 Å². The molecule has 4 aromatic carbocycles. The highest BCUT2D eigenvalue weighted by molar-refractivity contribution is 6.30. The molecule has 0 nitrogen and oxygen atoms in total. The molecular weight excluding hydrogens is 446 g/mol. The van der Waals surface area contributed by atoms with Crippen molar-refractivity contribution in [1.82, 2.24) is 0 Å². The normalized spacial score (nSPS) is 11.3. The van der Waals surface area contributed by atoms with E-state index < -0.39 is 5.82 Å². The van der Waals surface area contributed by atoms with E-state index in [1.165, 1.54) is 43.7 Å². The van der Waals surface area contributed by atoms with Crippen LogP contribution in [0.4, 0.5) is 8.78 Å². The molecule has 0 aliphatic carbocycles. The summed E-state index contributed by atoms with van der Waals surface area (Å²) in [4.78, 5) is 0. The van der Waals surface area contributed by atoms with Gasteiger partial charge in [-0.2, -0.15) is 0 Å². The third-order valence-electron chi connectivity index (χ3n) is 6.56. The Balaban J connectivity index is 1.44. The first-order chi connectivity index (χ1) is 16.5. The lowest BCUT2D eigenvalue weighted by atomic mass is 9.96. The van der Waals surface area contributed by atoms with Crippen molar-refractivity contribution in [2.75, 3.05) is 0 Å². The second-order valence-corrected chi connectivity index (χ2v) is 9.49. The minimum Gasteiger partial charge on any atom is -0.206 e. The molecule has 0 aliphatic heterocycles. The molecule has 0 radical (unpaired) electrons. The summed E-state index contributed by atoms with van der Waals surface area (Å²) in [5.74, 6) is -0.636. The van der Waals surface area contributed by atoms with Crippen LogP contribution in [-0.4, -0.2) is 0 Å².